The summed E-state index contributed by atoms with van der Waals surface area (Å²) in [7, 11) is 1.20. The van der Waals surface area contributed by atoms with Crippen LogP contribution in [0.25, 0.3) is 0 Å². The fraction of sp³-hybridized carbons (Fsp3) is 0.889. The Morgan fingerprint density at radius 2 is 0.707 bits per heavy atom. The smallest absolute Gasteiger partial charge is 0.306 e. The van der Waals surface area contributed by atoms with Gasteiger partial charge in [0.2, 0.25) is 5.91 Å². The van der Waals surface area contributed by atoms with Crippen molar-refractivity contribution in [3.63, 3.8) is 0 Å². The number of carbonyl (C=O) groups is 2. The van der Waals surface area contributed by atoms with Crippen molar-refractivity contribution >= 4 is 19.7 Å². The van der Waals surface area contributed by atoms with Crippen molar-refractivity contribution in [2.75, 3.05) is 40.9 Å². The predicted octanol–water partition coefficient (Wildman–Crippen LogP) is 22.0. The highest BCUT2D eigenvalue weighted by atomic mass is 31.2. The summed E-state index contributed by atoms with van der Waals surface area (Å²) >= 11 is 0. The average molecular weight is 1180 g/mol. The zero-order valence-electron chi connectivity index (χ0n) is 55.5. The zero-order valence-corrected chi connectivity index (χ0v) is 56.4. The largest absolute Gasteiger partial charge is 0.756 e. The number of hydrogen-bond acceptors (Lipinski definition) is 7. The SMILES string of the molecule is CCCCCCCC/C=C/CCCCCCCCCCCCCCCCCCCC(=O)NC(COP(=O)([O-])OCC[N+](C)(C)C)C(/C=C\CCCCCCCCCCCC)OC(=O)CCCCCCCCC/C=C/CCCCCCCC. The quantitative estimate of drug-likeness (QED) is 0.0212. The van der Waals surface area contributed by atoms with Crippen LogP contribution in [0.1, 0.15) is 361 Å². The van der Waals surface area contributed by atoms with E-state index in [1.54, 1.807) is 0 Å². The Labute approximate surface area is 510 Å². The second-order valence-corrected chi connectivity index (χ2v) is 27.1. The molecule has 10 heteroatoms. The molecule has 0 heterocycles. The fourth-order valence-corrected chi connectivity index (χ4v) is 11.5. The summed E-state index contributed by atoms with van der Waals surface area (Å²) in [6.45, 7) is 6.89. The Morgan fingerprint density at radius 3 is 1.04 bits per heavy atom. The molecule has 3 unspecified atom stereocenters. The predicted molar refractivity (Wildman–Crippen MR) is 353 cm³/mol. The first-order chi connectivity index (χ1) is 39.9. The maximum Gasteiger partial charge on any atom is 0.306 e. The van der Waals surface area contributed by atoms with Crippen LogP contribution in [-0.4, -0.2) is 69.4 Å². The molecule has 0 saturated carbocycles. The molecule has 82 heavy (non-hydrogen) atoms. The van der Waals surface area contributed by atoms with Crippen LogP contribution in [0.5, 0.6) is 0 Å². The number of carbonyl (C=O) groups excluding carboxylic acids is 2. The zero-order chi connectivity index (χ0) is 60.0. The second-order valence-electron chi connectivity index (χ2n) is 25.7. The molecule has 0 radical (unpaired) electrons. The Morgan fingerprint density at radius 1 is 0.415 bits per heavy atom. The first-order valence-corrected chi connectivity index (χ1v) is 37.3. The van der Waals surface area contributed by atoms with Crippen molar-refractivity contribution in [2.45, 2.75) is 373 Å². The minimum atomic E-state index is -4.70. The molecule has 0 aromatic heterocycles. The fourth-order valence-electron chi connectivity index (χ4n) is 10.8. The number of nitrogens with zero attached hydrogens (tertiary/aromatic N) is 1. The lowest BCUT2D eigenvalue weighted by molar-refractivity contribution is -0.870. The molecule has 484 valence electrons. The number of amides is 1. The third-order valence-corrected chi connectivity index (χ3v) is 17.3. The Bertz CT molecular complexity index is 1500. The highest BCUT2D eigenvalue weighted by Crippen LogP contribution is 2.38. The molecule has 1 amide bonds. The number of phosphoric acid groups is 1. The molecule has 0 aliphatic rings. The van der Waals surface area contributed by atoms with Gasteiger partial charge in [-0.2, -0.15) is 0 Å². The molecule has 0 aromatic carbocycles. The van der Waals surface area contributed by atoms with Gasteiger partial charge in [0.25, 0.3) is 7.82 Å². The van der Waals surface area contributed by atoms with Crippen molar-refractivity contribution in [3.05, 3.63) is 36.5 Å². The third kappa shape index (κ3) is 62.8. The van der Waals surface area contributed by atoms with Crippen LogP contribution in [0.2, 0.25) is 0 Å². The van der Waals surface area contributed by atoms with Gasteiger partial charge < -0.3 is 28.5 Å². The van der Waals surface area contributed by atoms with Crippen molar-refractivity contribution in [3.8, 4) is 0 Å². The maximum atomic E-state index is 13.6. The lowest BCUT2D eigenvalue weighted by Gasteiger charge is -2.30. The van der Waals surface area contributed by atoms with Crippen LogP contribution in [0.15, 0.2) is 36.5 Å². The molecule has 0 aliphatic heterocycles. The minimum Gasteiger partial charge on any atom is -0.756 e. The number of rotatable bonds is 66. The number of ether oxygens (including phenoxy) is 1. The van der Waals surface area contributed by atoms with E-state index >= 15 is 0 Å². The normalized spacial score (nSPS) is 13.7. The number of phosphoric ester groups is 1. The van der Waals surface area contributed by atoms with E-state index in [9.17, 15) is 19.0 Å². The number of likely N-dealkylation sites (N-methyl/N-ethyl adjacent to an activating group) is 1. The maximum absolute atomic E-state index is 13.6. The van der Waals surface area contributed by atoms with E-state index in [4.69, 9.17) is 13.8 Å². The number of hydrogen-bond donors (Lipinski definition) is 1. The summed E-state index contributed by atoms with van der Waals surface area (Å²) in [6, 6.07) is -0.887. The van der Waals surface area contributed by atoms with Crippen LogP contribution in [0, 0.1) is 0 Å². The van der Waals surface area contributed by atoms with Crippen LogP contribution in [-0.2, 0) is 27.9 Å². The molecule has 0 saturated heterocycles. The Kier molecular flexibility index (Phi) is 60.9. The number of unbranched alkanes of at least 4 members (excludes halogenated alkanes) is 46. The van der Waals surface area contributed by atoms with E-state index in [2.05, 4.69) is 50.4 Å². The van der Waals surface area contributed by atoms with Gasteiger partial charge >= 0.3 is 5.97 Å². The molecule has 3 atom stereocenters. The molecular formula is C72H139N2O7P. The van der Waals surface area contributed by atoms with E-state index in [1.807, 2.05) is 33.3 Å². The van der Waals surface area contributed by atoms with Gasteiger partial charge in [-0.15, -0.1) is 0 Å². The molecule has 0 fully saturated rings. The van der Waals surface area contributed by atoms with E-state index in [0.29, 0.717) is 17.4 Å². The third-order valence-electron chi connectivity index (χ3n) is 16.3. The Balaban J connectivity index is 4.98. The molecule has 0 spiro atoms. The molecule has 0 aromatic rings. The van der Waals surface area contributed by atoms with E-state index in [1.165, 1.54) is 257 Å². The summed E-state index contributed by atoms with van der Waals surface area (Å²) in [4.78, 5) is 40.1. The summed E-state index contributed by atoms with van der Waals surface area (Å²) in [5.74, 6) is -0.528. The van der Waals surface area contributed by atoms with Crippen LogP contribution >= 0.6 is 7.82 Å². The van der Waals surface area contributed by atoms with Crippen molar-refractivity contribution in [1.82, 2.24) is 5.32 Å². The lowest BCUT2D eigenvalue weighted by Crippen LogP contribution is -2.47. The first kappa shape index (κ1) is 80.2. The Hall–Kier alpha value is -1.77. The highest BCUT2D eigenvalue weighted by Gasteiger charge is 2.27. The van der Waals surface area contributed by atoms with Gasteiger partial charge in [0.1, 0.15) is 19.3 Å². The van der Waals surface area contributed by atoms with Crippen molar-refractivity contribution in [2.24, 2.45) is 0 Å². The summed E-state index contributed by atoms with van der Waals surface area (Å²) in [5.41, 5.74) is 0. The van der Waals surface area contributed by atoms with Gasteiger partial charge in [-0.05, 0) is 83.1 Å². The van der Waals surface area contributed by atoms with E-state index in [0.717, 1.165) is 70.6 Å². The van der Waals surface area contributed by atoms with Gasteiger partial charge in [0.05, 0.1) is 33.8 Å². The van der Waals surface area contributed by atoms with Gasteiger partial charge in [0.15, 0.2) is 0 Å². The van der Waals surface area contributed by atoms with Crippen LogP contribution in [0.4, 0.5) is 0 Å². The number of quaternary nitrogens is 1. The standard InChI is InChI=1S/C72H139N2O7P/c1-7-10-13-16-19-22-25-28-30-32-33-34-35-36-37-38-39-40-41-43-44-46-49-52-55-58-61-64-71(75)73-69(68-80-82(77,78)79-67-66-74(4,5)6)70(63-60-57-54-51-48-27-24-21-18-15-12-9-3)81-72(76)65-62-59-56-53-50-47-45-42-31-29-26-23-20-17-14-11-8-2/h28-31,60,63,69-70H,7-27,32-59,61-62,64-68H2,1-6H3,(H-,73,75,77,78)/b30-28+,31-29+,63-60-. The van der Waals surface area contributed by atoms with Crippen LogP contribution < -0.4 is 10.2 Å². The van der Waals surface area contributed by atoms with Crippen molar-refractivity contribution in [1.29, 1.82) is 0 Å². The average Bonchev–Trinajstić information content (AvgIpc) is 3.47. The minimum absolute atomic E-state index is 0.0203. The van der Waals surface area contributed by atoms with Crippen LogP contribution in [0.3, 0.4) is 0 Å². The summed E-state index contributed by atoms with van der Waals surface area (Å²) in [5, 5.41) is 3.05. The second kappa shape index (κ2) is 62.3. The summed E-state index contributed by atoms with van der Waals surface area (Å²) in [6.07, 6.45) is 77.0. The highest BCUT2D eigenvalue weighted by molar-refractivity contribution is 7.45. The van der Waals surface area contributed by atoms with Gasteiger partial charge in [-0.1, -0.05) is 302 Å². The van der Waals surface area contributed by atoms with Gasteiger partial charge in [-0.3, -0.25) is 14.2 Å². The van der Waals surface area contributed by atoms with E-state index in [-0.39, 0.29) is 31.5 Å². The van der Waals surface area contributed by atoms with Gasteiger partial charge in [0, 0.05) is 12.8 Å². The number of esters is 1. The van der Waals surface area contributed by atoms with E-state index < -0.39 is 20.0 Å². The first-order valence-electron chi connectivity index (χ1n) is 35.8. The number of allylic oxidation sites excluding steroid dienone is 5. The van der Waals surface area contributed by atoms with Crippen molar-refractivity contribution < 1.29 is 37.3 Å². The topological polar surface area (TPSA) is 114 Å². The molecule has 0 bridgehead atoms. The lowest BCUT2D eigenvalue weighted by atomic mass is 10.0. The monoisotopic (exact) mass is 1180 g/mol. The molecule has 0 aliphatic carbocycles. The number of nitrogens with one attached hydrogen (secondary N) is 1. The molecule has 0 rings (SSSR count). The van der Waals surface area contributed by atoms with Gasteiger partial charge in [-0.25, -0.2) is 0 Å². The molecule has 9 nitrogen and oxygen atoms in total. The summed E-state index contributed by atoms with van der Waals surface area (Å²) < 4.78 is 30.4. The molecular weight excluding hydrogens is 1040 g/mol. The molecule has 1 N–H and O–H groups in total.